The summed E-state index contributed by atoms with van der Waals surface area (Å²) in [5.74, 6) is 0.278. The summed E-state index contributed by atoms with van der Waals surface area (Å²) in [5.41, 5.74) is -0.762. The molecule has 0 spiro atoms. The van der Waals surface area contributed by atoms with Crippen LogP contribution in [0.2, 0.25) is 10.0 Å². The van der Waals surface area contributed by atoms with Crippen molar-refractivity contribution >= 4 is 40.9 Å². The fraction of sp³-hybridized carbons (Fsp3) is 0.429. The van der Waals surface area contributed by atoms with E-state index >= 15 is 0 Å². The minimum atomic E-state index is -0.762. The number of nitrogens with zero attached hydrogens (tertiary/aromatic N) is 1. The van der Waals surface area contributed by atoms with E-state index in [1.807, 2.05) is 0 Å². The molecule has 0 unspecified atom stereocenters. The Hall–Kier alpha value is -0.890. The number of amides is 1. The van der Waals surface area contributed by atoms with Gasteiger partial charge in [0.15, 0.2) is 0 Å². The van der Waals surface area contributed by atoms with E-state index in [4.69, 9.17) is 23.2 Å². The molecule has 6 heteroatoms. The van der Waals surface area contributed by atoms with E-state index in [1.54, 1.807) is 25.1 Å². The van der Waals surface area contributed by atoms with Crippen molar-refractivity contribution in [3.63, 3.8) is 0 Å². The van der Waals surface area contributed by atoms with Gasteiger partial charge in [-0.05, 0) is 37.8 Å². The summed E-state index contributed by atoms with van der Waals surface area (Å²) < 4.78 is 0. The van der Waals surface area contributed by atoms with Crippen molar-refractivity contribution in [2.75, 3.05) is 5.75 Å². The number of halogens is 2. The smallest absolute Gasteiger partial charge is 0.231 e. The van der Waals surface area contributed by atoms with Gasteiger partial charge >= 0.3 is 0 Å². The Bertz CT molecular complexity index is 549. The second-order valence-corrected chi connectivity index (χ2v) is 6.78. The molecule has 1 atom stereocenters. The molecule has 1 aliphatic rings. The highest BCUT2D eigenvalue weighted by Gasteiger charge is 2.42. The normalized spacial score (nSPS) is 17.1. The van der Waals surface area contributed by atoms with Gasteiger partial charge in [0.05, 0.1) is 21.9 Å². The molecular weight excluding hydrogens is 315 g/mol. The quantitative estimate of drug-likeness (QED) is 0.834. The lowest BCUT2D eigenvalue weighted by Gasteiger charge is -2.22. The molecule has 0 bridgehead atoms. The Kier molecular flexibility index (Phi) is 4.85. The van der Waals surface area contributed by atoms with E-state index in [-0.39, 0.29) is 17.6 Å². The minimum absolute atomic E-state index is 0.179. The van der Waals surface area contributed by atoms with Gasteiger partial charge in [-0.25, -0.2) is 0 Å². The number of carbonyl (C=O) groups is 1. The SMILES string of the molecule is C[C@](C#N)(NC(=O)CSc1c(Cl)cccc1Cl)C1CC1. The van der Waals surface area contributed by atoms with Crippen molar-refractivity contribution < 1.29 is 4.79 Å². The lowest BCUT2D eigenvalue weighted by Crippen LogP contribution is -2.47. The number of hydrogen-bond donors (Lipinski definition) is 1. The molecule has 1 saturated carbocycles. The van der Waals surface area contributed by atoms with Gasteiger partial charge in [0, 0.05) is 4.90 Å². The van der Waals surface area contributed by atoms with Crippen molar-refractivity contribution in [3.8, 4) is 6.07 Å². The van der Waals surface area contributed by atoms with Crippen LogP contribution in [0, 0.1) is 17.2 Å². The maximum Gasteiger partial charge on any atom is 0.231 e. The number of rotatable bonds is 5. The third-order valence-electron chi connectivity index (χ3n) is 3.29. The fourth-order valence-corrected chi connectivity index (χ4v) is 3.45. The molecule has 1 N–H and O–H groups in total. The molecule has 0 radical (unpaired) electrons. The molecule has 1 aliphatic carbocycles. The molecule has 1 fully saturated rings. The zero-order valence-electron chi connectivity index (χ0n) is 11.0. The number of hydrogen-bond acceptors (Lipinski definition) is 3. The Balaban J connectivity index is 1.94. The van der Waals surface area contributed by atoms with E-state index in [0.29, 0.717) is 14.9 Å². The van der Waals surface area contributed by atoms with Gasteiger partial charge in [0.25, 0.3) is 0 Å². The van der Waals surface area contributed by atoms with Crippen LogP contribution in [0.25, 0.3) is 0 Å². The van der Waals surface area contributed by atoms with Crippen molar-refractivity contribution in [1.82, 2.24) is 5.32 Å². The van der Waals surface area contributed by atoms with E-state index in [1.165, 1.54) is 11.8 Å². The van der Waals surface area contributed by atoms with Crippen LogP contribution < -0.4 is 5.32 Å². The van der Waals surface area contributed by atoms with Crippen LogP contribution in [0.1, 0.15) is 19.8 Å². The molecule has 0 heterocycles. The lowest BCUT2D eigenvalue weighted by molar-refractivity contribution is -0.119. The monoisotopic (exact) mass is 328 g/mol. The first-order valence-electron chi connectivity index (χ1n) is 6.25. The highest BCUT2D eigenvalue weighted by Crippen LogP contribution is 2.39. The van der Waals surface area contributed by atoms with Gasteiger partial charge < -0.3 is 5.32 Å². The van der Waals surface area contributed by atoms with Crippen LogP contribution in [0.15, 0.2) is 23.1 Å². The Morgan fingerprint density at radius 2 is 2.10 bits per heavy atom. The van der Waals surface area contributed by atoms with Gasteiger partial charge in [-0.3, -0.25) is 4.79 Å². The molecule has 3 nitrogen and oxygen atoms in total. The van der Waals surface area contributed by atoms with Crippen LogP contribution in [0.5, 0.6) is 0 Å². The predicted molar refractivity (Wildman–Crippen MR) is 82.1 cm³/mol. The summed E-state index contributed by atoms with van der Waals surface area (Å²) >= 11 is 13.4. The highest BCUT2D eigenvalue weighted by molar-refractivity contribution is 8.00. The van der Waals surface area contributed by atoms with Crippen molar-refractivity contribution in [2.45, 2.75) is 30.2 Å². The molecule has 1 amide bonds. The molecule has 1 aromatic carbocycles. The van der Waals surface area contributed by atoms with Gasteiger partial charge in [0.1, 0.15) is 5.54 Å². The van der Waals surface area contributed by atoms with Gasteiger partial charge in [0.2, 0.25) is 5.91 Å². The fourth-order valence-electron chi connectivity index (χ4n) is 1.97. The molecular formula is C14H14Cl2N2OS. The minimum Gasteiger partial charge on any atom is -0.337 e. The first-order chi connectivity index (χ1) is 9.46. The molecule has 0 aromatic heterocycles. The summed E-state index contributed by atoms with van der Waals surface area (Å²) in [6.07, 6.45) is 1.99. The maximum absolute atomic E-state index is 12.0. The van der Waals surface area contributed by atoms with E-state index in [0.717, 1.165) is 12.8 Å². The van der Waals surface area contributed by atoms with Gasteiger partial charge in [-0.15, -0.1) is 11.8 Å². The first-order valence-corrected chi connectivity index (χ1v) is 7.99. The topological polar surface area (TPSA) is 52.9 Å². The molecule has 0 saturated heterocycles. The third-order valence-corrected chi connectivity index (χ3v) is 5.28. The highest BCUT2D eigenvalue weighted by atomic mass is 35.5. The van der Waals surface area contributed by atoms with Crippen molar-refractivity contribution in [1.29, 1.82) is 5.26 Å². The number of nitriles is 1. The second-order valence-electron chi connectivity index (χ2n) is 4.98. The molecule has 106 valence electrons. The van der Waals surface area contributed by atoms with Gasteiger partial charge in [-0.2, -0.15) is 5.26 Å². The average molecular weight is 329 g/mol. The first kappa shape index (κ1) is 15.5. The number of nitrogens with one attached hydrogen (secondary N) is 1. The van der Waals surface area contributed by atoms with Crippen LogP contribution in [-0.4, -0.2) is 17.2 Å². The zero-order valence-corrected chi connectivity index (χ0v) is 13.3. The maximum atomic E-state index is 12.0. The van der Waals surface area contributed by atoms with Crippen LogP contribution in [0.4, 0.5) is 0 Å². The van der Waals surface area contributed by atoms with Crippen LogP contribution >= 0.6 is 35.0 Å². The predicted octanol–water partition coefficient (Wildman–Crippen LogP) is 3.89. The summed E-state index contributed by atoms with van der Waals surface area (Å²) in [4.78, 5) is 12.7. The van der Waals surface area contributed by atoms with Crippen molar-refractivity contribution in [3.05, 3.63) is 28.2 Å². The number of thioether (sulfide) groups is 1. The number of benzene rings is 1. The largest absolute Gasteiger partial charge is 0.337 e. The summed E-state index contributed by atoms with van der Waals surface area (Å²) in [5, 5.41) is 13.1. The lowest BCUT2D eigenvalue weighted by atomic mass is 9.98. The zero-order chi connectivity index (χ0) is 14.8. The van der Waals surface area contributed by atoms with E-state index in [2.05, 4.69) is 11.4 Å². The summed E-state index contributed by atoms with van der Waals surface area (Å²) in [6.45, 7) is 1.77. The standard InChI is InChI=1S/C14H14Cl2N2OS/c1-14(8-17,9-5-6-9)18-12(19)7-20-13-10(15)3-2-4-11(13)16/h2-4,9H,5-7H2,1H3,(H,18,19)/t14-/m1/s1. The van der Waals surface area contributed by atoms with Crippen molar-refractivity contribution in [2.24, 2.45) is 5.92 Å². The molecule has 1 aromatic rings. The third kappa shape index (κ3) is 3.60. The summed E-state index contributed by atoms with van der Waals surface area (Å²) in [6, 6.07) is 7.42. The van der Waals surface area contributed by atoms with E-state index in [9.17, 15) is 10.1 Å². The molecule has 0 aliphatic heterocycles. The number of carbonyl (C=O) groups excluding carboxylic acids is 1. The summed E-state index contributed by atoms with van der Waals surface area (Å²) in [7, 11) is 0. The van der Waals surface area contributed by atoms with Gasteiger partial charge in [-0.1, -0.05) is 29.3 Å². The van der Waals surface area contributed by atoms with Crippen LogP contribution in [0.3, 0.4) is 0 Å². The Labute approximate surface area is 132 Å². The molecule has 20 heavy (non-hydrogen) atoms. The Morgan fingerprint density at radius 3 is 2.60 bits per heavy atom. The Morgan fingerprint density at radius 1 is 1.50 bits per heavy atom. The average Bonchev–Trinajstić information content (AvgIpc) is 3.22. The second kappa shape index (κ2) is 6.26. The molecule has 2 rings (SSSR count). The van der Waals surface area contributed by atoms with Crippen LogP contribution in [-0.2, 0) is 4.79 Å². The van der Waals surface area contributed by atoms with E-state index < -0.39 is 5.54 Å².